The maximum Gasteiger partial charge on any atom is 0.269 e. The number of nitrogens with one attached hydrogen (secondary N) is 2. The van der Waals surface area contributed by atoms with Gasteiger partial charge in [0.05, 0.1) is 0 Å². The Balaban J connectivity index is 1.69. The third kappa shape index (κ3) is 4.52. The van der Waals surface area contributed by atoms with E-state index in [1.807, 2.05) is 30.3 Å². The molecule has 0 aliphatic heterocycles. The van der Waals surface area contributed by atoms with E-state index in [9.17, 15) is 4.79 Å². The van der Waals surface area contributed by atoms with Gasteiger partial charge >= 0.3 is 0 Å². The van der Waals surface area contributed by atoms with Crippen molar-refractivity contribution in [3.63, 3.8) is 0 Å². The molecule has 138 valence electrons. The Morgan fingerprint density at radius 2 is 1.74 bits per heavy atom. The van der Waals surface area contributed by atoms with Crippen LogP contribution in [0, 0.1) is 0 Å². The highest BCUT2D eigenvalue weighted by Crippen LogP contribution is 2.29. The van der Waals surface area contributed by atoms with Crippen LogP contribution in [0.15, 0.2) is 60.9 Å². The Hall–Kier alpha value is -3.61. The van der Waals surface area contributed by atoms with Crippen LogP contribution in [0.4, 0.5) is 11.5 Å². The molecule has 1 heterocycles. The highest BCUT2D eigenvalue weighted by Gasteiger charge is 2.12. The average Bonchev–Trinajstić information content (AvgIpc) is 2.69. The van der Waals surface area contributed by atoms with Crippen molar-refractivity contribution < 1.29 is 9.53 Å². The first kappa shape index (κ1) is 18.2. The number of hydrogen-bond acceptors (Lipinski definition) is 6. The first-order valence-corrected chi connectivity index (χ1v) is 8.54. The molecule has 1 amide bonds. The topological polar surface area (TPSA) is 102 Å². The van der Waals surface area contributed by atoms with Gasteiger partial charge in [-0.2, -0.15) is 4.98 Å². The summed E-state index contributed by atoms with van der Waals surface area (Å²) in [5, 5.41) is 0. The normalized spacial score (nSPS) is 10.5. The Labute approximate surface area is 157 Å². The number of ether oxygens (including phenoxy) is 1. The van der Waals surface area contributed by atoms with E-state index in [1.165, 1.54) is 11.9 Å². The highest BCUT2D eigenvalue weighted by atomic mass is 16.5. The zero-order valence-electron chi connectivity index (χ0n) is 15.1. The lowest BCUT2D eigenvalue weighted by molar-refractivity contribution is 0.0962. The van der Waals surface area contributed by atoms with Crippen LogP contribution < -0.4 is 21.3 Å². The van der Waals surface area contributed by atoms with Gasteiger partial charge in [-0.1, -0.05) is 44.2 Å². The number of nitrogen functional groups attached to an aromatic ring is 1. The Morgan fingerprint density at radius 3 is 2.41 bits per heavy atom. The molecule has 0 atom stereocenters. The van der Waals surface area contributed by atoms with Gasteiger partial charge in [-0.05, 0) is 35.7 Å². The lowest BCUT2D eigenvalue weighted by Gasteiger charge is -2.13. The quantitative estimate of drug-likeness (QED) is 0.577. The monoisotopic (exact) mass is 363 g/mol. The third-order valence-electron chi connectivity index (χ3n) is 3.94. The maximum absolute atomic E-state index is 12.1. The second-order valence-electron chi connectivity index (χ2n) is 6.21. The fraction of sp³-hybridized carbons (Fsp3) is 0.150. The number of amides is 1. The maximum atomic E-state index is 12.1. The number of benzene rings is 2. The summed E-state index contributed by atoms with van der Waals surface area (Å²) in [6.07, 6.45) is 1.31. The third-order valence-corrected chi connectivity index (χ3v) is 3.94. The molecule has 1 aromatic heterocycles. The Kier molecular flexibility index (Phi) is 5.51. The largest absolute Gasteiger partial charge is 0.437 e. The lowest BCUT2D eigenvalue weighted by atomic mass is 10.0. The molecule has 3 rings (SSSR count). The van der Waals surface area contributed by atoms with Gasteiger partial charge in [-0.25, -0.2) is 4.98 Å². The molecule has 0 saturated heterocycles. The summed E-state index contributed by atoms with van der Waals surface area (Å²) < 4.78 is 5.75. The van der Waals surface area contributed by atoms with Gasteiger partial charge in [0.2, 0.25) is 5.88 Å². The Morgan fingerprint density at radius 1 is 1.04 bits per heavy atom. The van der Waals surface area contributed by atoms with Crippen molar-refractivity contribution in [3.8, 4) is 11.6 Å². The minimum absolute atomic E-state index is 0.193. The Bertz CT molecular complexity index is 911. The zero-order chi connectivity index (χ0) is 19.2. The van der Waals surface area contributed by atoms with Crippen molar-refractivity contribution in [2.75, 3.05) is 11.2 Å². The molecule has 0 spiro atoms. The molecule has 0 bridgehead atoms. The van der Waals surface area contributed by atoms with Crippen LogP contribution in [0.25, 0.3) is 0 Å². The van der Waals surface area contributed by atoms with Gasteiger partial charge in [-0.15, -0.1) is 0 Å². The number of carbonyl (C=O) groups excluding carboxylic acids is 1. The lowest BCUT2D eigenvalue weighted by Crippen LogP contribution is -2.30. The molecule has 0 unspecified atom stereocenters. The smallest absolute Gasteiger partial charge is 0.269 e. The van der Waals surface area contributed by atoms with Crippen molar-refractivity contribution in [2.24, 2.45) is 0 Å². The molecule has 3 aromatic rings. The second kappa shape index (κ2) is 8.18. The molecule has 2 aromatic carbocycles. The molecular weight excluding hydrogens is 342 g/mol. The number of hydrogen-bond donors (Lipinski definition) is 3. The molecule has 7 heteroatoms. The number of nitrogens with two attached hydrogens (primary N) is 1. The standard InChI is InChI=1S/C20H21N5O2/c1-13(2)14-8-10-16(11-9-14)27-20-17(21)18(22-12-23-20)24-25-19(26)15-6-4-3-5-7-15/h3-13H,21H2,1-2H3,(H,25,26)(H,22,23,24). The number of nitrogens with zero attached hydrogens (tertiary/aromatic N) is 2. The number of aromatic nitrogens is 2. The van der Waals surface area contributed by atoms with Crippen molar-refractivity contribution in [2.45, 2.75) is 19.8 Å². The number of rotatable bonds is 6. The SMILES string of the molecule is CC(C)c1ccc(Oc2ncnc(NNC(=O)c3ccccc3)c2N)cc1. The van der Waals surface area contributed by atoms with Gasteiger partial charge < -0.3 is 10.5 Å². The van der Waals surface area contributed by atoms with Crippen molar-refractivity contribution in [3.05, 3.63) is 72.1 Å². The molecule has 0 fully saturated rings. The van der Waals surface area contributed by atoms with Crippen molar-refractivity contribution in [1.29, 1.82) is 0 Å². The number of hydrazine groups is 1. The summed E-state index contributed by atoms with van der Waals surface area (Å²) in [6, 6.07) is 16.5. The summed E-state index contributed by atoms with van der Waals surface area (Å²) >= 11 is 0. The molecule has 0 saturated carbocycles. The average molecular weight is 363 g/mol. The second-order valence-corrected chi connectivity index (χ2v) is 6.21. The highest BCUT2D eigenvalue weighted by molar-refractivity contribution is 5.95. The fourth-order valence-corrected chi connectivity index (χ4v) is 2.37. The predicted molar refractivity (Wildman–Crippen MR) is 105 cm³/mol. The fourth-order valence-electron chi connectivity index (χ4n) is 2.37. The molecular formula is C20H21N5O2. The summed E-state index contributed by atoms with van der Waals surface area (Å²) in [4.78, 5) is 20.2. The first-order valence-electron chi connectivity index (χ1n) is 8.54. The van der Waals surface area contributed by atoms with E-state index >= 15 is 0 Å². The summed E-state index contributed by atoms with van der Waals surface area (Å²) in [5.74, 6) is 1.21. The zero-order valence-corrected chi connectivity index (χ0v) is 15.1. The van der Waals surface area contributed by atoms with E-state index in [1.54, 1.807) is 24.3 Å². The van der Waals surface area contributed by atoms with E-state index in [0.29, 0.717) is 17.2 Å². The minimum Gasteiger partial charge on any atom is -0.437 e. The number of anilines is 2. The summed E-state index contributed by atoms with van der Waals surface area (Å²) in [5.41, 5.74) is 13.2. The summed E-state index contributed by atoms with van der Waals surface area (Å²) in [7, 11) is 0. The van der Waals surface area contributed by atoms with Gasteiger partial charge in [0.25, 0.3) is 5.91 Å². The summed E-state index contributed by atoms with van der Waals surface area (Å²) in [6.45, 7) is 4.25. The van der Waals surface area contributed by atoms with Crippen LogP contribution in [-0.4, -0.2) is 15.9 Å². The van der Waals surface area contributed by atoms with E-state index < -0.39 is 0 Å². The minimum atomic E-state index is -0.305. The van der Waals surface area contributed by atoms with Crippen LogP contribution in [0.2, 0.25) is 0 Å². The number of carbonyl (C=O) groups is 1. The molecule has 4 N–H and O–H groups in total. The van der Waals surface area contributed by atoms with E-state index in [-0.39, 0.29) is 23.3 Å². The van der Waals surface area contributed by atoms with Gasteiger partial charge in [0, 0.05) is 5.56 Å². The van der Waals surface area contributed by atoms with Crippen LogP contribution in [-0.2, 0) is 0 Å². The van der Waals surface area contributed by atoms with E-state index in [2.05, 4.69) is 34.7 Å². The molecule has 0 aliphatic carbocycles. The van der Waals surface area contributed by atoms with Crippen LogP contribution in [0.3, 0.4) is 0 Å². The molecule has 0 radical (unpaired) electrons. The molecule has 27 heavy (non-hydrogen) atoms. The molecule has 7 nitrogen and oxygen atoms in total. The molecule has 0 aliphatic rings. The van der Waals surface area contributed by atoms with Crippen molar-refractivity contribution >= 4 is 17.4 Å². The van der Waals surface area contributed by atoms with E-state index in [4.69, 9.17) is 10.5 Å². The predicted octanol–water partition coefficient (Wildman–Crippen LogP) is 3.73. The van der Waals surface area contributed by atoms with Crippen LogP contribution in [0.1, 0.15) is 35.7 Å². The first-order chi connectivity index (χ1) is 13.0. The van der Waals surface area contributed by atoms with Gasteiger partial charge in [0.15, 0.2) is 5.82 Å². The van der Waals surface area contributed by atoms with Crippen molar-refractivity contribution in [1.82, 2.24) is 15.4 Å². The van der Waals surface area contributed by atoms with Gasteiger partial charge in [-0.3, -0.25) is 15.6 Å². The van der Waals surface area contributed by atoms with E-state index in [0.717, 1.165) is 0 Å². The van der Waals surface area contributed by atoms with Gasteiger partial charge in [0.1, 0.15) is 17.8 Å². The van der Waals surface area contributed by atoms with Crippen LogP contribution in [0.5, 0.6) is 11.6 Å². The van der Waals surface area contributed by atoms with Crippen LogP contribution >= 0.6 is 0 Å².